The van der Waals surface area contributed by atoms with Crippen LogP contribution in [-0.2, 0) is 0 Å². The maximum Gasteiger partial charge on any atom is 0.175 e. The third-order valence-corrected chi connectivity index (χ3v) is 4.42. The monoisotopic (exact) mass is 397 g/mol. The van der Waals surface area contributed by atoms with Gasteiger partial charge in [0.15, 0.2) is 11.5 Å². The third kappa shape index (κ3) is 3.85. The predicted molar refractivity (Wildman–Crippen MR) is 119 cm³/mol. The molecule has 0 unspecified atom stereocenters. The number of nitrogens with two attached hydrogens (primary N) is 3. The van der Waals surface area contributed by atoms with Crippen molar-refractivity contribution < 1.29 is 0 Å². The Morgan fingerprint density at radius 1 is 0.733 bits per heavy atom. The summed E-state index contributed by atoms with van der Waals surface area (Å²) in [6, 6.07) is 15.3. The van der Waals surface area contributed by atoms with Crippen LogP contribution in [0.5, 0.6) is 0 Å². The number of pyridine rings is 2. The van der Waals surface area contributed by atoms with Gasteiger partial charge in [0.05, 0.1) is 5.69 Å². The van der Waals surface area contributed by atoms with Gasteiger partial charge < -0.3 is 17.2 Å². The Kier molecular flexibility index (Phi) is 5.16. The second kappa shape index (κ2) is 8.23. The Bertz CT molecular complexity index is 1310. The van der Waals surface area contributed by atoms with Gasteiger partial charge in [0, 0.05) is 52.0 Å². The predicted octanol–water partition coefficient (Wildman–Crippen LogP) is 4.35. The molecule has 3 aromatic heterocycles. The van der Waals surface area contributed by atoms with Crippen LogP contribution in [-0.4, -0.2) is 20.2 Å². The molecule has 0 radical (unpaired) electrons. The van der Waals surface area contributed by atoms with Crippen molar-refractivity contribution in [2.45, 2.75) is 0 Å². The van der Waals surface area contributed by atoms with Crippen molar-refractivity contribution in [1.82, 2.24) is 20.2 Å². The van der Waals surface area contributed by atoms with Crippen molar-refractivity contribution in [3.05, 3.63) is 73.3 Å². The van der Waals surface area contributed by atoms with Gasteiger partial charge in [-0.25, -0.2) is 0 Å². The molecule has 30 heavy (non-hydrogen) atoms. The molecule has 3 heterocycles. The zero-order valence-corrected chi connectivity index (χ0v) is 15.9. The number of H-pyrrole nitrogens is 1. The first-order chi connectivity index (χ1) is 14.6. The molecule has 148 valence electrons. The second-order valence-corrected chi connectivity index (χ2v) is 6.39. The van der Waals surface area contributed by atoms with Crippen LogP contribution in [0.25, 0.3) is 21.5 Å². The standard InChI is InChI=1S/C12H11N7.C9H8N2/c13-11-10(12(14)19-18-11)17-16-9-3-1-2-7-6-15-5-4-8(7)9;10-9-3-1-2-7-6-11-5-4-8(7)9/h1-6H,(H5,13,14,18,19);1-6H,10H2. The first-order valence-electron chi connectivity index (χ1n) is 9.05. The maximum atomic E-state index is 5.73. The number of aromatic amines is 1. The van der Waals surface area contributed by atoms with Crippen LogP contribution in [0.3, 0.4) is 0 Å². The summed E-state index contributed by atoms with van der Waals surface area (Å²) < 4.78 is 0. The van der Waals surface area contributed by atoms with E-state index >= 15 is 0 Å². The van der Waals surface area contributed by atoms with Gasteiger partial charge >= 0.3 is 0 Å². The Morgan fingerprint density at radius 3 is 2.07 bits per heavy atom. The van der Waals surface area contributed by atoms with Gasteiger partial charge in [-0.2, -0.15) is 5.10 Å². The zero-order valence-electron chi connectivity index (χ0n) is 15.9. The molecule has 0 atom stereocenters. The van der Waals surface area contributed by atoms with Gasteiger partial charge in [-0.3, -0.25) is 15.1 Å². The summed E-state index contributed by atoms with van der Waals surface area (Å²) >= 11 is 0. The Labute approximate surface area is 171 Å². The maximum absolute atomic E-state index is 5.73. The van der Waals surface area contributed by atoms with Gasteiger partial charge in [-0.1, -0.05) is 24.3 Å². The molecular weight excluding hydrogens is 378 g/mol. The molecule has 0 spiro atoms. The van der Waals surface area contributed by atoms with Gasteiger partial charge in [0.2, 0.25) is 0 Å². The second-order valence-electron chi connectivity index (χ2n) is 6.39. The van der Waals surface area contributed by atoms with Crippen LogP contribution in [0.15, 0.2) is 83.5 Å². The summed E-state index contributed by atoms with van der Waals surface area (Å²) in [6.07, 6.45) is 7.04. The van der Waals surface area contributed by atoms with Gasteiger partial charge in [0.25, 0.3) is 0 Å². The zero-order chi connectivity index (χ0) is 20.9. The number of hydrogen-bond donors (Lipinski definition) is 4. The highest BCUT2D eigenvalue weighted by Crippen LogP contribution is 2.30. The summed E-state index contributed by atoms with van der Waals surface area (Å²) in [5.41, 5.74) is 18.9. The molecule has 0 aliphatic rings. The van der Waals surface area contributed by atoms with E-state index in [1.807, 2.05) is 54.7 Å². The van der Waals surface area contributed by atoms with E-state index in [0.29, 0.717) is 11.5 Å². The molecule has 0 saturated carbocycles. The molecule has 9 heteroatoms. The van der Waals surface area contributed by atoms with E-state index in [0.717, 1.165) is 32.9 Å². The van der Waals surface area contributed by atoms with Crippen LogP contribution in [0.2, 0.25) is 0 Å². The van der Waals surface area contributed by atoms with Crippen LogP contribution in [0.1, 0.15) is 0 Å². The number of anilines is 3. The fourth-order valence-electron chi connectivity index (χ4n) is 2.91. The summed E-state index contributed by atoms with van der Waals surface area (Å²) in [5, 5.41) is 18.6. The van der Waals surface area contributed by atoms with E-state index in [2.05, 4.69) is 30.4 Å². The molecule has 0 bridgehead atoms. The van der Waals surface area contributed by atoms with E-state index in [1.165, 1.54) is 0 Å². The number of azo groups is 1. The average Bonchev–Trinajstić information content (AvgIpc) is 3.10. The van der Waals surface area contributed by atoms with Crippen LogP contribution in [0, 0.1) is 0 Å². The van der Waals surface area contributed by atoms with E-state index in [-0.39, 0.29) is 5.82 Å². The Hall–Kier alpha value is -4.53. The lowest BCUT2D eigenvalue weighted by atomic mass is 10.1. The summed E-state index contributed by atoms with van der Waals surface area (Å²) in [7, 11) is 0. The lowest BCUT2D eigenvalue weighted by molar-refractivity contribution is 1.11. The number of fused-ring (bicyclic) bond motifs is 2. The van der Waals surface area contributed by atoms with E-state index < -0.39 is 0 Å². The van der Waals surface area contributed by atoms with Gasteiger partial charge in [-0.15, -0.1) is 10.2 Å². The molecule has 0 aliphatic carbocycles. The summed E-state index contributed by atoms with van der Waals surface area (Å²) in [4.78, 5) is 8.06. The third-order valence-electron chi connectivity index (χ3n) is 4.42. The molecule has 7 N–H and O–H groups in total. The molecule has 0 amide bonds. The SMILES string of the molecule is Nc1cccc2cnccc12.Nc1n[nH]c(N)c1N=Nc1cccc2cnccc12. The molecule has 9 nitrogen and oxygen atoms in total. The van der Waals surface area contributed by atoms with E-state index in [9.17, 15) is 0 Å². The van der Waals surface area contributed by atoms with Gasteiger partial charge in [0.1, 0.15) is 5.82 Å². The van der Waals surface area contributed by atoms with Crippen molar-refractivity contribution in [1.29, 1.82) is 0 Å². The number of rotatable bonds is 2. The van der Waals surface area contributed by atoms with Crippen LogP contribution >= 0.6 is 0 Å². The highest BCUT2D eigenvalue weighted by Gasteiger charge is 2.07. The molecule has 0 fully saturated rings. The minimum absolute atomic E-state index is 0.225. The van der Waals surface area contributed by atoms with E-state index in [1.54, 1.807) is 18.6 Å². The Morgan fingerprint density at radius 2 is 1.40 bits per heavy atom. The number of hydrogen-bond acceptors (Lipinski definition) is 8. The summed E-state index contributed by atoms with van der Waals surface area (Å²) in [5.74, 6) is 0.520. The van der Waals surface area contributed by atoms with Crippen molar-refractivity contribution >= 4 is 50.2 Å². The van der Waals surface area contributed by atoms with Gasteiger partial charge in [-0.05, 0) is 24.3 Å². The quantitative estimate of drug-likeness (QED) is 0.256. The van der Waals surface area contributed by atoms with Crippen molar-refractivity contribution in [2.75, 3.05) is 17.2 Å². The Balaban J connectivity index is 0.000000168. The summed E-state index contributed by atoms with van der Waals surface area (Å²) in [6.45, 7) is 0. The molecule has 0 aliphatic heterocycles. The fraction of sp³-hybridized carbons (Fsp3) is 0. The number of nitrogen functional groups attached to an aromatic ring is 3. The number of nitrogens with one attached hydrogen (secondary N) is 1. The topological polar surface area (TPSA) is 157 Å². The van der Waals surface area contributed by atoms with Crippen molar-refractivity contribution in [3.8, 4) is 0 Å². The smallest absolute Gasteiger partial charge is 0.175 e. The lowest BCUT2D eigenvalue weighted by Gasteiger charge is -1.99. The fourth-order valence-corrected chi connectivity index (χ4v) is 2.91. The largest absolute Gasteiger partial charge is 0.398 e. The van der Waals surface area contributed by atoms with Crippen molar-refractivity contribution in [3.63, 3.8) is 0 Å². The molecule has 5 aromatic rings. The minimum atomic E-state index is 0.225. The molecule has 2 aromatic carbocycles. The minimum Gasteiger partial charge on any atom is -0.398 e. The molecule has 5 rings (SSSR count). The molecular formula is C21H19N9. The number of nitrogens with zero attached hydrogens (tertiary/aromatic N) is 5. The van der Waals surface area contributed by atoms with Crippen molar-refractivity contribution in [2.24, 2.45) is 10.2 Å². The number of aromatic nitrogens is 4. The first-order valence-corrected chi connectivity index (χ1v) is 9.05. The van der Waals surface area contributed by atoms with Crippen LogP contribution < -0.4 is 17.2 Å². The van der Waals surface area contributed by atoms with Crippen LogP contribution in [0.4, 0.5) is 28.7 Å². The number of benzene rings is 2. The normalized spacial score (nSPS) is 10.9. The van der Waals surface area contributed by atoms with E-state index in [4.69, 9.17) is 17.2 Å². The highest BCUT2D eigenvalue weighted by atomic mass is 15.2. The highest BCUT2D eigenvalue weighted by molar-refractivity contribution is 5.92. The lowest BCUT2D eigenvalue weighted by Crippen LogP contribution is -1.85. The average molecular weight is 397 g/mol. The first kappa shape index (κ1) is 18.8. The molecule has 0 saturated heterocycles.